The number of halogens is 1. The van der Waals surface area contributed by atoms with Gasteiger partial charge in [-0.1, -0.05) is 24.4 Å². The topological polar surface area (TPSA) is 69.6 Å². The number of aromatic hydroxyl groups is 1. The van der Waals surface area contributed by atoms with Gasteiger partial charge in [-0.05, 0) is 31.0 Å². The molecular weight excluding hydrogens is 266 g/mol. The number of hydrogen-bond acceptors (Lipinski definition) is 3. The fourth-order valence-corrected chi connectivity index (χ4v) is 2.61. The Morgan fingerprint density at radius 2 is 2.11 bits per heavy atom. The minimum atomic E-state index is -0.363. The maximum Gasteiger partial charge on any atom is 0.255 e. The van der Waals surface area contributed by atoms with E-state index in [0.29, 0.717) is 11.6 Å². The summed E-state index contributed by atoms with van der Waals surface area (Å²) >= 11 is 5.80. The lowest BCUT2D eigenvalue weighted by Crippen LogP contribution is -2.36. The maximum atomic E-state index is 12.0. The first kappa shape index (κ1) is 14.2. The van der Waals surface area contributed by atoms with Crippen molar-refractivity contribution in [2.75, 3.05) is 6.54 Å². The quantitative estimate of drug-likeness (QED) is 0.797. The third-order valence-corrected chi connectivity index (χ3v) is 3.83. The number of phenols is 1. The van der Waals surface area contributed by atoms with Gasteiger partial charge in [0.25, 0.3) is 5.91 Å². The summed E-state index contributed by atoms with van der Waals surface area (Å²) < 4.78 is 0. The highest BCUT2D eigenvalue weighted by atomic mass is 35.5. The summed E-state index contributed by atoms with van der Waals surface area (Å²) in [4.78, 5) is 12.0. The largest absolute Gasteiger partial charge is 0.507 e. The smallest absolute Gasteiger partial charge is 0.255 e. The Balaban J connectivity index is 1.95. The van der Waals surface area contributed by atoms with Crippen LogP contribution in [-0.4, -0.2) is 28.8 Å². The molecule has 2 unspecified atom stereocenters. The van der Waals surface area contributed by atoms with E-state index in [1.807, 2.05) is 0 Å². The minimum Gasteiger partial charge on any atom is -0.507 e. The van der Waals surface area contributed by atoms with E-state index in [0.717, 1.165) is 25.7 Å². The second kappa shape index (κ2) is 6.26. The number of carbonyl (C=O) groups is 1. The molecule has 1 aliphatic carbocycles. The number of carbonyl (C=O) groups excluding carboxylic acids is 1. The van der Waals surface area contributed by atoms with E-state index in [9.17, 15) is 15.0 Å². The molecule has 0 aromatic heterocycles. The minimum absolute atomic E-state index is 0.0916. The molecule has 1 fully saturated rings. The average Bonchev–Trinajstić information content (AvgIpc) is 2.40. The van der Waals surface area contributed by atoms with Gasteiger partial charge in [0.05, 0.1) is 11.7 Å². The van der Waals surface area contributed by atoms with Crippen molar-refractivity contribution >= 4 is 17.5 Å². The van der Waals surface area contributed by atoms with Crippen molar-refractivity contribution in [3.05, 3.63) is 28.8 Å². The zero-order valence-corrected chi connectivity index (χ0v) is 11.4. The molecule has 0 bridgehead atoms. The maximum absolute atomic E-state index is 12.0. The van der Waals surface area contributed by atoms with Crippen molar-refractivity contribution in [1.82, 2.24) is 5.32 Å². The molecule has 104 valence electrons. The van der Waals surface area contributed by atoms with Gasteiger partial charge in [-0.3, -0.25) is 4.79 Å². The van der Waals surface area contributed by atoms with Crippen LogP contribution in [-0.2, 0) is 0 Å². The van der Waals surface area contributed by atoms with Crippen LogP contribution < -0.4 is 5.32 Å². The van der Waals surface area contributed by atoms with Crippen LogP contribution in [0.5, 0.6) is 5.75 Å². The molecule has 1 saturated carbocycles. The van der Waals surface area contributed by atoms with Crippen LogP contribution in [0.25, 0.3) is 0 Å². The van der Waals surface area contributed by atoms with Crippen LogP contribution in [0.1, 0.15) is 36.0 Å². The third kappa shape index (κ3) is 3.61. The normalized spacial score (nSPS) is 23.1. The Bertz CT molecular complexity index is 464. The van der Waals surface area contributed by atoms with Crippen molar-refractivity contribution in [1.29, 1.82) is 0 Å². The van der Waals surface area contributed by atoms with Gasteiger partial charge in [-0.15, -0.1) is 0 Å². The van der Waals surface area contributed by atoms with E-state index in [2.05, 4.69) is 5.32 Å². The third-order valence-electron chi connectivity index (χ3n) is 3.60. The van der Waals surface area contributed by atoms with Gasteiger partial charge in [0, 0.05) is 17.5 Å². The highest BCUT2D eigenvalue weighted by molar-refractivity contribution is 6.31. The fraction of sp³-hybridized carbons (Fsp3) is 0.500. The van der Waals surface area contributed by atoms with E-state index in [-0.39, 0.29) is 29.2 Å². The van der Waals surface area contributed by atoms with E-state index >= 15 is 0 Å². The molecule has 19 heavy (non-hydrogen) atoms. The lowest BCUT2D eigenvalue weighted by molar-refractivity contribution is 0.0662. The highest BCUT2D eigenvalue weighted by Crippen LogP contribution is 2.24. The van der Waals surface area contributed by atoms with Gasteiger partial charge in [0.2, 0.25) is 0 Å². The van der Waals surface area contributed by atoms with Crippen LogP contribution in [0, 0.1) is 5.92 Å². The first-order chi connectivity index (χ1) is 9.08. The molecular formula is C14H18ClNO3. The van der Waals surface area contributed by atoms with E-state index in [1.165, 1.54) is 18.2 Å². The van der Waals surface area contributed by atoms with Gasteiger partial charge >= 0.3 is 0 Å². The number of aliphatic hydroxyl groups excluding tert-OH is 1. The van der Waals surface area contributed by atoms with Crippen LogP contribution >= 0.6 is 11.6 Å². The molecule has 0 aliphatic heterocycles. The molecule has 0 spiro atoms. The van der Waals surface area contributed by atoms with Gasteiger partial charge < -0.3 is 15.5 Å². The zero-order chi connectivity index (χ0) is 13.8. The number of phenolic OH excluding ortho intramolecular Hbond substituents is 1. The SMILES string of the molecule is O=C(NCC1CCCCC1O)c1cc(Cl)ccc1O. The molecule has 1 amide bonds. The molecule has 5 heteroatoms. The Kier molecular flexibility index (Phi) is 4.66. The number of rotatable bonds is 3. The molecule has 0 radical (unpaired) electrons. The second-order valence-corrected chi connectivity index (χ2v) is 5.42. The summed E-state index contributed by atoms with van der Waals surface area (Å²) in [6.45, 7) is 0.423. The Labute approximate surface area is 117 Å². The summed E-state index contributed by atoms with van der Waals surface area (Å²) in [5, 5.41) is 22.6. The molecule has 0 saturated heterocycles. The number of nitrogens with one attached hydrogen (secondary N) is 1. The molecule has 1 aromatic carbocycles. The molecule has 1 aliphatic rings. The summed E-state index contributed by atoms with van der Waals surface area (Å²) in [7, 11) is 0. The van der Waals surface area contributed by atoms with Crippen molar-refractivity contribution in [3.8, 4) is 5.75 Å². The van der Waals surface area contributed by atoms with Gasteiger partial charge in [-0.25, -0.2) is 0 Å². The standard InChI is InChI=1S/C14H18ClNO3/c15-10-5-6-13(18)11(7-10)14(19)16-8-9-3-1-2-4-12(9)17/h5-7,9,12,17-18H,1-4,8H2,(H,16,19). The fourth-order valence-electron chi connectivity index (χ4n) is 2.44. The summed E-state index contributed by atoms with van der Waals surface area (Å²) in [5.41, 5.74) is 0.165. The lowest BCUT2D eigenvalue weighted by Gasteiger charge is -2.27. The van der Waals surface area contributed by atoms with Crippen molar-refractivity contribution in [3.63, 3.8) is 0 Å². The van der Waals surface area contributed by atoms with Gasteiger partial charge in [0.15, 0.2) is 0 Å². The first-order valence-electron chi connectivity index (χ1n) is 6.52. The summed E-state index contributed by atoms with van der Waals surface area (Å²) in [6, 6.07) is 4.36. The van der Waals surface area contributed by atoms with Crippen molar-refractivity contribution < 1.29 is 15.0 Å². The number of aliphatic hydroxyl groups is 1. The van der Waals surface area contributed by atoms with Crippen LogP contribution in [0.3, 0.4) is 0 Å². The zero-order valence-electron chi connectivity index (χ0n) is 10.6. The Morgan fingerprint density at radius 1 is 1.37 bits per heavy atom. The number of amides is 1. The number of hydrogen-bond donors (Lipinski definition) is 3. The Hall–Kier alpha value is -1.26. The lowest BCUT2D eigenvalue weighted by atomic mass is 9.86. The molecule has 0 heterocycles. The Morgan fingerprint density at radius 3 is 2.84 bits per heavy atom. The van der Waals surface area contributed by atoms with Gasteiger partial charge in [0.1, 0.15) is 5.75 Å². The van der Waals surface area contributed by atoms with E-state index in [4.69, 9.17) is 11.6 Å². The van der Waals surface area contributed by atoms with E-state index < -0.39 is 0 Å². The predicted octanol–water partition coefficient (Wildman–Crippen LogP) is 2.33. The van der Waals surface area contributed by atoms with Gasteiger partial charge in [-0.2, -0.15) is 0 Å². The second-order valence-electron chi connectivity index (χ2n) is 4.98. The average molecular weight is 284 g/mol. The molecule has 2 rings (SSSR count). The predicted molar refractivity (Wildman–Crippen MR) is 73.4 cm³/mol. The molecule has 1 aromatic rings. The van der Waals surface area contributed by atoms with Crippen LogP contribution in [0.4, 0.5) is 0 Å². The first-order valence-corrected chi connectivity index (χ1v) is 6.90. The monoisotopic (exact) mass is 283 g/mol. The van der Waals surface area contributed by atoms with Crippen LogP contribution in [0.15, 0.2) is 18.2 Å². The van der Waals surface area contributed by atoms with Crippen molar-refractivity contribution in [2.45, 2.75) is 31.8 Å². The highest BCUT2D eigenvalue weighted by Gasteiger charge is 2.23. The number of benzene rings is 1. The summed E-state index contributed by atoms with van der Waals surface area (Å²) in [5.74, 6) is -0.358. The molecule has 3 N–H and O–H groups in total. The molecule has 4 nitrogen and oxygen atoms in total. The van der Waals surface area contributed by atoms with Crippen molar-refractivity contribution in [2.24, 2.45) is 5.92 Å². The summed E-state index contributed by atoms with van der Waals surface area (Å²) in [6.07, 6.45) is 3.49. The molecule has 2 atom stereocenters. The van der Waals surface area contributed by atoms with Crippen LogP contribution in [0.2, 0.25) is 5.02 Å². The van der Waals surface area contributed by atoms with E-state index in [1.54, 1.807) is 0 Å².